The zero-order valence-corrected chi connectivity index (χ0v) is 11.8. The van der Waals surface area contributed by atoms with Crippen LogP contribution in [0.2, 0.25) is 5.15 Å². The number of carbonyl (C=O) groups excluding carboxylic acids is 1. The lowest BCUT2D eigenvalue weighted by molar-refractivity contribution is -0.144. The lowest BCUT2D eigenvalue weighted by atomic mass is 9.92. The fourth-order valence-corrected chi connectivity index (χ4v) is 1.84. The molecule has 0 aliphatic rings. The number of hydrogen-bond donors (Lipinski definition) is 2. The van der Waals surface area contributed by atoms with Gasteiger partial charge in [0.05, 0.1) is 12.4 Å². The molecule has 21 heavy (non-hydrogen) atoms. The number of aromatic nitrogens is 2. The molecule has 2 aromatic rings. The van der Waals surface area contributed by atoms with Crippen LogP contribution in [0.25, 0.3) is 0 Å². The second kappa shape index (κ2) is 5.88. The Bertz CT molecular complexity index is 661. The summed E-state index contributed by atoms with van der Waals surface area (Å²) >= 11 is 5.60. The first-order chi connectivity index (χ1) is 9.93. The molecule has 1 atom stereocenters. The van der Waals surface area contributed by atoms with Crippen LogP contribution in [0.5, 0.6) is 0 Å². The minimum atomic E-state index is -1.57. The number of carboxylic acids is 1. The van der Waals surface area contributed by atoms with E-state index in [1.807, 2.05) is 0 Å². The molecule has 7 heteroatoms. The van der Waals surface area contributed by atoms with E-state index < -0.39 is 17.4 Å². The zero-order chi connectivity index (χ0) is 15.5. The van der Waals surface area contributed by atoms with E-state index in [2.05, 4.69) is 15.3 Å². The molecule has 0 fully saturated rings. The van der Waals surface area contributed by atoms with Crippen molar-refractivity contribution < 1.29 is 14.7 Å². The molecule has 1 amide bonds. The summed E-state index contributed by atoms with van der Waals surface area (Å²) in [5.74, 6) is -1.82. The largest absolute Gasteiger partial charge is 0.479 e. The number of aliphatic carboxylic acids is 1. The molecule has 1 aromatic carbocycles. The van der Waals surface area contributed by atoms with E-state index in [0.717, 1.165) is 0 Å². The fourth-order valence-electron chi connectivity index (χ4n) is 1.74. The van der Waals surface area contributed by atoms with Gasteiger partial charge in [0.25, 0.3) is 5.91 Å². The first-order valence-electron chi connectivity index (χ1n) is 6.02. The van der Waals surface area contributed by atoms with E-state index in [-0.39, 0.29) is 10.8 Å². The van der Waals surface area contributed by atoms with Gasteiger partial charge < -0.3 is 10.4 Å². The molecule has 0 aliphatic heterocycles. The Morgan fingerprint density at radius 3 is 2.38 bits per heavy atom. The maximum Gasteiger partial charge on any atom is 0.333 e. The van der Waals surface area contributed by atoms with Crippen molar-refractivity contribution in [1.82, 2.24) is 15.3 Å². The van der Waals surface area contributed by atoms with Crippen LogP contribution >= 0.6 is 11.6 Å². The molecule has 0 radical (unpaired) electrons. The first kappa shape index (κ1) is 14.9. The summed E-state index contributed by atoms with van der Waals surface area (Å²) in [5, 5.41) is 12.1. The topological polar surface area (TPSA) is 92.2 Å². The molecular weight excluding hydrogens is 294 g/mol. The van der Waals surface area contributed by atoms with Crippen molar-refractivity contribution in [2.75, 3.05) is 0 Å². The van der Waals surface area contributed by atoms with Gasteiger partial charge in [0.2, 0.25) is 0 Å². The van der Waals surface area contributed by atoms with Crippen LogP contribution in [-0.2, 0) is 10.3 Å². The van der Waals surface area contributed by atoms with Crippen molar-refractivity contribution in [2.24, 2.45) is 0 Å². The van der Waals surface area contributed by atoms with Crippen LogP contribution in [-0.4, -0.2) is 27.0 Å². The van der Waals surface area contributed by atoms with Crippen molar-refractivity contribution in [3.05, 3.63) is 59.1 Å². The zero-order valence-electron chi connectivity index (χ0n) is 11.1. The fraction of sp³-hybridized carbons (Fsp3) is 0.143. The van der Waals surface area contributed by atoms with Gasteiger partial charge in [-0.2, -0.15) is 0 Å². The Balaban J connectivity index is 2.31. The SMILES string of the molecule is CC(NC(=O)c1cnc(Cl)cn1)(C(=O)O)c1ccccc1. The maximum absolute atomic E-state index is 12.1. The minimum absolute atomic E-state index is 0.0113. The van der Waals surface area contributed by atoms with E-state index in [0.29, 0.717) is 5.56 Å². The Labute approximate surface area is 125 Å². The number of halogens is 1. The predicted molar refractivity (Wildman–Crippen MR) is 75.9 cm³/mol. The van der Waals surface area contributed by atoms with Gasteiger partial charge in [-0.25, -0.2) is 14.8 Å². The highest BCUT2D eigenvalue weighted by Crippen LogP contribution is 2.21. The standard InChI is InChI=1S/C14H12ClN3O3/c1-14(13(20)21,9-5-3-2-4-6-9)18-12(19)10-7-17-11(15)8-16-10/h2-8H,1H3,(H,18,19)(H,20,21). The summed E-state index contributed by atoms with van der Waals surface area (Å²) in [5.41, 5.74) is -1.13. The highest BCUT2D eigenvalue weighted by atomic mass is 35.5. The number of rotatable bonds is 4. The molecule has 0 aliphatic carbocycles. The van der Waals surface area contributed by atoms with E-state index in [9.17, 15) is 14.7 Å². The highest BCUT2D eigenvalue weighted by Gasteiger charge is 2.37. The van der Waals surface area contributed by atoms with Crippen molar-refractivity contribution in [3.8, 4) is 0 Å². The molecular formula is C14H12ClN3O3. The number of carboxylic acid groups (broad SMARTS) is 1. The van der Waals surface area contributed by atoms with Crippen LogP contribution in [0.3, 0.4) is 0 Å². The van der Waals surface area contributed by atoms with Crippen molar-refractivity contribution in [1.29, 1.82) is 0 Å². The van der Waals surface area contributed by atoms with Crippen LogP contribution in [0.4, 0.5) is 0 Å². The van der Waals surface area contributed by atoms with Crippen molar-refractivity contribution in [3.63, 3.8) is 0 Å². The van der Waals surface area contributed by atoms with Gasteiger partial charge in [0.15, 0.2) is 5.54 Å². The van der Waals surface area contributed by atoms with Gasteiger partial charge in [-0.05, 0) is 12.5 Å². The molecule has 1 heterocycles. The molecule has 2 rings (SSSR count). The van der Waals surface area contributed by atoms with Gasteiger partial charge in [0, 0.05) is 0 Å². The normalized spacial score (nSPS) is 13.2. The van der Waals surface area contributed by atoms with Crippen LogP contribution in [0.1, 0.15) is 23.0 Å². The lowest BCUT2D eigenvalue weighted by Crippen LogP contribution is -2.49. The quantitative estimate of drug-likeness (QED) is 0.899. The van der Waals surface area contributed by atoms with Crippen LogP contribution in [0.15, 0.2) is 42.7 Å². The highest BCUT2D eigenvalue weighted by molar-refractivity contribution is 6.29. The van der Waals surface area contributed by atoms with E-state index in [4.69, 9.17) is 11.6 Å². The molecule has 1 unspecified atom stereocenters. The van der Waals surface area contributed by atoms with Gasteiger partial charge in [-0.15, -0.1) is 0 Å². The second-order valence-electron chi connectivity index (χ2n) is 4.47. The minimum Gasteiger partial charge on any atom is -0.479 e. The first-order valence-corrected chi connectivity index (χ1v) is 6.40. The summed E-state index contributed by atoms with van der Waals surface area (Å²) in [7, 11) is 0. The summed E-state index contributed by atoms with van der Waals surface area (Å²) in [6.07, 6.45) is 2.40. The van der Waals surface area contributed by atoms with E-state index in [1.165, 1.54) is 19.3 Å². The second-order valence-corrected chi connectivity index (χ2v) is 4.86. The molecule has 0 bridgehead atoms. The average molecular weight is 306 g/mol. The number of carbonyl (C=O) groups is 2. The number of nitrogens with one attached hydrogen (secondary N) is 1. The van der Waals surface area contributed by atoms with Crippen LogP contribution in [0, 0.1) is 0 Å². The Kier molecular flexibility index (Phi) is 4.18. The molecule has 2 N–H and O–H groups in total. The van der Waals surface area contributed by atoms with Crippen molar-refractivity contribution in [2.45, 2.75) is 12.5 Å². The maximum atomic E-state index is 12.1. The third-order valence-corrected chi connectivity index (χ3v) is 3.19. The van der Waals surface area contributed by atoms with E-state index in [1.54, 1.807) is 30.3 Å². The molecule has 6 nitrogen and oxygen atoms in total. The summed E-state index contributed by atoms with van der Waals surface area (Å²) < 4.78 is 0. The van der Waals surface area contributed by atoms with Gasteiger partial charge >= 0.3 is 5.97 Å². The van der Waals surface area contributed by atoms with Crippen LogP contribution < -0.4 is 5.32 Å². The number of nitrogens with zero attached hydrogens (tertiary/aromatic N) is 2. The molecule has 0 spiro atoms. The number of hydrogen-bond acceptors (Lipinski definition) is 4. The Morgan fingerprint density at radius 1 is 1.19 bits per heavy atom. The molecule has 108 valence electrons. The Hall–Kier alpha value is -2.47. The lowest BCUT2D eigenvalue weighted by Gasteiger charge is -2.26. The van der Waals surface area contributed by atoms with E-state index >= 15 is 0 Å². The predicted octanol–water partition coefficient (Wildman–Crippen LogP) is 1.86. The van der Waals surface area contributed by atoms with Gasteiger partial charge in [0.1, 0.15) is 10.8 Å². The molecule has 0 saturated heterocycles. The monoisotopic (exact) mass is 305 g/mol. The van der Waals surface area contributed by atoms with Gasteiger partial charge in [-0.3, -0.25) is 4.79 Å². The van der Waals surface area contributed by atoms with Gasteiger partial charge in [-0.1, -0.05) is 41.9 Å². The smallest absolute Gasteiger partial charge is 0.333 e. The molecule has 1 aromatic heterocycles. The molecule has 0 saturated carbocycles. The summed E-state index contributed by atoms with van der Waals surface area (Å²) in [6, 6.07) is 8.41. The summed E-state index contributed by atoms with van der Waals surface area (Å²) in [6.45, 7) is 1.41. The average Bonchev–Trinajstić information content (AvgIpc) is 2.48. The third kappa shape index (κ3) is 3.17. The Morgan fingerprint density at radius 2 is 1.86 bits per heavy atom. The third-order valence-electron chi connectivity index (χ3n) is 3.00. The number of amides is 1. The van der Waals surface area contributed by atoms with Crippen molar-refractivity contribution >= 4 is 23.5 Å². The summed E-state index contributed by atoms with van der Waals surface area (Å²) in [4.78, 5) is 31.3. The number of benzene rings is 1.